The van der Waals surface area contributed by atoms with Crippen molar-refractivity contribution >= 4 is 56.6 Å². The fourth-order valence-electron chi connectivity index (χ4n) is 2.84. The molecule has 0 radical (unpaired) electrons. The Hall–Kier alpha value is -1.92. The number of nitrogens with one attached hydrogen (secondary N) is 1. The summed E-state index contributed by atoms with van der Waals surface area (Å²) in [6.07, 6.45) is 3.61. The molecule has 0 bridgehead atoms. The summed E-state index contributed by atoms with van der Waals surface area (Å²) in [6, 6.07) is 10.1. The van der Waals surface area contributed by atoms with Gasteiger partial charge < -0.3 is 10.2 Å². The summed E-state index contributed by atoms with van der Waals surface area (Å²) in [5.74, 6) is 2.26. The second kappa shape index (κ2) is 6.29. The maximum atomic E-state index is 5.61. The predicted molar refractivity (Wildman–Crippen MR) is 102 cm³/mol. The van der Waals surface area contributed by atoms with E-state index >= 15 is 0 Å². The molecule has 0 spiro atoms. The Morgan fingerprint density at radius 3 is 2.65 bits per heavy atom. The Kier molecular flexibility index (Phi) is 4.01. The van der Waals surface area contributed by atoms with Crippen LogP contribution in [0.15, 0.2) is 42.7 Å². The summed E-state index contributed by atoms with van der Waals surface area (Å²) < 4.78 is 0. The van der Waals surface area contributed by atoms with E-state index in [0.717, 1.165) is 57.2 Å². The van der Waals surface area contributed by atoms with Gasteiger partial charge in [-0.1, -0.05) is 6.07 Å². The molecule has 4 nitrogen and oxygen atoms in total. The van der Waals surface area contributed by atoms with E-state index in [1.165, 1.54) is 0 Å². The molecule has 116 valence electrons. The van der Waals surface area contributed by atoms with Gasteiger partial charge in [0.2, 0.25) is 0 Å². The van der Waals surface area contributed by atoms with Gasteiger partial charge in [-0.3, -0.25) is 9.97 Å². The molecule has 0 saturated carbocycles. The Morgan fingerprint density at radius 1 is 1.09 bits per heavy atom. The number of rotatable bonds is 1. The molecular formula is C17H16N4S2. The normalized spacial score (nSPS) is 15.0. The third-order valence-corrected chi connectivity index (χ3v) is 5.30. The Morgan fingerprint density at radius 2 is 1.83 bits per heavy atom. The molecule has 0 aliphatic carbocycles. The van der Waals surface area contributed by atoms with E-state index in [2.05, 4.69) is 38.4 Å². The van der Waals surface area contributed by atoms with Gasteiger partial charge in [0, 0.05) is 47.8 Å². The van der Waals surface area contributed by atoms with Gasteiger partial charge in [-0.05, 0) is 36.5 Å². The molecule has 3 heterocycles. The third-order valence-electron chi connectivity index (χ3n) is 4.00. The van der Waals surface area contributed by atoms with Gasteiger partial charge >= 0.3 is 0 Å². The Labute approximate surface area is 144 Å². The van der Waals surface area contributed by atoms with E-state index in [9.17, 15) is 0 Å². The molecule has 1 aliphatic heterocycles. The number of benzene rings is 1. The lowest BCUT2D eigenvalue weighted by molar-refractivity contribution is 0.470. The van der Waals surface area contributed by atoms with Crippen molar-refractivity contribution in [3.05, 3.63) is 42.7 Å². The lowest BCUT2D eigenvalue weighted by atomic mass is 10.1. The minimum atomic E-state index is 0.790. The number of hydrogen-bond donors (Lipinski definition) is 1. The van der Waals surface area contributed by atoms with Crippen LogP contribution in [0.5, 0.6) is 0 Å². The van der Waals surface area contributed by atoms with E-state index in [1.54, 1.807) is 12.4 Å². The summed E-state index contributed by atoms with van der Waals surface area (Å²) in [5.41, 5.74) is 2.83. The first-order valence-corrected chi connectivity index (χ1v) is 9.15. The van der Waals surface area contributed by atoms with E-state index in [-0.39, 0.29) is 0 Å². The number of pyridine rings is 2. The molecule has 0 atom stereocenters. The lowest BCUT2D eigenvalue weighted by Crippen LogP contribution is -2.40. The van der Waals surface area contributed by atoms with Gasteiger partial charge in [-0.15, -0.1) is 0 Å². The van der Waals surface area contributed by atoms with Crippen molar-refractivity contribution in [2.75, 3.05) is 29.9 Å². The van der Waals surface area contributed by atoms with Gasteiger partial charge in [0.1, 0.15) is 0 Å². The zero-order valence-corrected chi connectivity index (χ0v) is 14.2. The molecule has 1 saturated heterocycles. The predicted octanol–water partition coefficient (Wildman–Crippen LogP) is 3.53. The zero-order valence-electron chi connectivity index (χ0n) is 12.5. The van der Waals surface area contributed by atoms with E-state index in [0.29, 0.717) is 0 Å². The van der Waals surface area contributed by atoms with Gasteiger partial charge in [0.15, 0.2) is 5.11 Å². The molecule has 2 aromatic heterocycles. The van der Waals surface area contributed by atoms with Gasteiger partial charge in [0.05, 0.1) is 16.7 Å². The zero-order chi connectivity index (χ0) is 15.6. The summed E-state index contributed by atoms with van der Waals surface area (Å²) in [4.78, 5) is 11.2. The highest BCUT2D eigenvalue weighted by Crippen LogP contribution is 2.29. The number of fused-ring (bicyclic) bond motifs is 3. The number of anilines is 1. The highest BCUT2D eigenvalue weighted by Gasteiger charge is 2.15. The Balaban J connectivity index is 1.77. The van der Waals surface area contributed by atoms with E-state index in [4.69, 9.17) is 12.2 Å². The lowest BCUT2D eigenvalue weighted by Gasteiger charge is -2.29. The first kappa shape index (κ1) is 14.7. The van der Waals surface area contributed by atoms with Crippen molar-refractivity contribution in [3.8, 4) is 0 Å². The molecule has 1 aliphatic rings. The van der Waals surface area contributed by atoms with Gasteiger partial charge in [-0.2, -0.15) is 11.8 Å². The smallest absolute Gasteiger partial charge is 0.173 e. The SMILES string of the molecule is S=C(Nc1cc2cccnc2c2ncccc12)N1CCSCC1. The number of aromatic nitrogens is 2. The van der Waals surface area contributed by atoms with Crippen LogP contribution < -0.4 is 5.32 Å². The van der Waals surface area contributed by atoms with Gasteiger partial charge in [0.25, 0.3) is 0 Å². The van der Waals surface area contributed by atoms with Crippen molar-refractivity contribution in [3.63, 3.8) is 0 Å². The molecule has 23 heavy (non-hydrogen) atoms. The number of thioether (sulfide) groups is 1. The fourth-order valence-corrected chi connectivity index (χ4v) is 4.04. The fraction of sp³-hybridized carbons (Fsp3) is 0.235. The first-order chi connectivity index (χ1) is 11.3. The molecule has 1 fully saturated rings. The van der Waals surface area contributed by atoms with Crippen LogP contribution in [0.1, 0.15) is 0 Å². The molecule has 3 aromatic rings. The highest BCUT2D eigenvalue weighted by atomic mass is 32.2. The quantitative estimate of drug-likeness (QED) is 0.540. The second-order valence-corrected chi connectivity index (χ2v) is 7.04. The highest BCUT2D eigenvalue weighted by molar-refractivity contribution is 7.99. The largest absolute Gasteiger partial charge is 0.347 e. The average Bonchev–Trinajstić information content (AvgIpc) is 2.62. The van der Waals surface area contributed by atoms with Crippen molar-refractivity contribution in [2.45, 2.75) is 0 Å². The molecule has 1 aromatic carbocycles. The van der Waals surface area contributed by atoms with Crippen LogP contribution in [0, 0.1) is 0 Å². The van der Waals surface area contributed by atoms with Crippen LogP contribution in [0.3, 0.4) is 0 Å². The monoisotopic (exact) mass is 340 g/mol. The number of hydrogen-bond acceptors (Lipinski definition) is 4. The van der Waals surface area contributed by atoms with Gasteiger partial charge in [-0.25, -0.2) is 0 Å². The second-order valence-electron chi connectivity index (χ2n) is 5.43. The van der Waals surface area contributed by atoms with Crippen LogP contribution >= 0.6 is 24.0 Å². The van der Waals surface area contributed by atoms with E-state index in [1.807, 2.05) is 23.9 Å². The van der Waals surface area contributed by atoms with Crippen LogP contribution in [0.2, 0.25) is 0 Å². The molecule has 0 amide bonds. The van der Waals surface area contributed by atoms with Crippen LogP contribution in [-0.4, -0.2) is 44.6 Å². The number of thiocarbonyl (C=S) groups is 1. The summed E-state index contributed by atoms with van der Waals surface area (Å²) >= 11 is 7.59. The molecule has 1 N–H and O–H groups in total. The molecule has 4 rings (SSSR count). The van der Waals surface area contributed by atoms with Crippen molar-refractivity contribution in [2.24, 2.45) is 0 Å². The molecule has 0 unspecified atom stereocenters. The molecular weight excluding hydrogens is 324 g/mol. The maximum absolute atomic E-state index is 5.61. The van der Waals surface area contributed by atoms with Crippen molar-refractivity contribution in [1.29, 1.82) is 0 Å². The minimum absolute atomic E-state index is 0.790. The number of nitrogens with zero attached hydrogens (tertiary/aromatic N) is 3. The third kappa shape index (κ3) is 2.84. The summed E-state index contributed by atoms with van der Waals surface area (Å²) in [7, 11) is 0. The van der Waals surface area contributed by atoms with Crippen LogP contribution in [-0.2, 0) is 0 Å². The molecule has 6 heteroatoms. The standard InChI is InChI=1S/C17H16N4S2/c22-17(21-7-9-23-10-8-21)20-14-11-12-3-1-5-18-15(12)16-13(14)4-2-6-19-16/h1-6,11H,7-10H2,(H,20,22). The Bertz CT molecular complexity index is 875. The van der Waals surface area contributed by atoms with E-state index < -0.39 is 0 Å². The average molecular weight is 340 g/mol. The topological polar surface area (TPSA) is 41.1 Å². The van der Waals surface area contributed by atoms with Crippen LogP contribution in [0.4, 0.5) is 5.69 Å². The van der Waals surface area contributed by atoms with Crippen molar-refractivity contribution < 1.29 is 0 Å². The van der Waals surface area contributed by atoms with Crippen LogP contribution in [0.25, 0.3) is 21.8 Å². The maximum Gasteiger partial charge on any atom is 0.173 e. The summed E-state index contributed by atoms with van der Waals surface area (Å²) in [5, 5.41) is 6.33. The minimum Gasteiger partial charge on any atom is -0.347 e. The summed E-state index contributed by atoms with van der Waals surface area (Å²) in [6.45, 7) is 2.00. The van der Waals surface area contributed by atoms with Crippen molar-refractivity contribution in [1.82, 2.24) is 14.9 Å². The first-order valence-electron chi connectivity index (χ1n) is 7.59.